The van der Waals surface area contributed by atoms with Crippen LogP contribution < -0.4 is 10.4 Å². The summed E-state index contributed by atoms with van der Waals surface area (Å²) in [6.07, 6.45) is -7.81. The van der Waals surface area contributed by atoms with Crippen LogP contribution in [0.5, 0.6) is 0 Å². The minimum absolute atomic E-state index is 0.328. The number of hydrogen-bond acceptors (Lipinski definition) is 8. The maximum Gasteiger partial charge on any atom is 0.217 e. The monoisotopic (exact) mass is 292 g/mol. The zero-order valence-electron chi connectivity index (χ0n) is 10.8. The standard InChI is InChI=1S/C11H19NO8/c1-4(14)12-8-5(15)2-7(11(18)19)20-10(8)9(17)6(16)3-13/h5-10,13,15-17H,2-3H2,1H3,(H,12,14)(H,18,19)/p-1/t5-,6+,7+,8+,9+,10+/m0/s1. The number of aliphatic hydroxyl groups excluding tert-OH is 4. The van der Waals surface area contributed by atoms with E-state index in [9.17, 15) is 30.0 Å². The number of aliphatic carboxylic acids is 1. The first-order valence-corrected chi connectivity index (χ1v) is 6.06. The minimum atomic E-state index is -1.69. The van der Waals surface area contributed by atoms with E-state index in [0.717, 1.165) is 0 Å². The zero-order chi connectivity index (χ0) is 15.4. The Morgan fingerprint density at radius 3 is 2.50 bits per heavy atom. The van der Waals surface area contributed by atoms with Crippen LogP contribution in [0.2, 0.25) is 0 Å². The van der Waals surface area contributed by atoms with Gasteiger partial charge in [-0.1, -0.05) is 0 Å². The normalized spacial score (nSPS) is 33.2. The fraction of sp³-hybridized carbons (Fsp3) is 0.818. The molecule has 9 heteroatoms. The molecular formula is C11H18NO8-. The lowest BCUT2D eigenvalue weighted by Gasteiger charge is -2.42. The molecule has 0 bridgehead atoms. The number of aliphatic hydroxyl groups is 4. The summed E-state index contributed by atoms with van der Waals surface area (Å²) in [5.41, 5.74) is 0. The number of rotatable bonds is 5. The molecule has 1 amide bonds. The molecule has 20 heavy (non-hydrogen) atoms. The number of carboxylic acids is 1. The van der Waals surface area contributed by atoms with Gasteiger partial charge in [0, 0.05) is 13.3 Å². The van der Waals surface area contributed by atoms with Gasteiger partial charge in [0.25, 0.3) is 0 Å². The Labute approximate surface area is 114 Å². The Kier molecular flexibility index (Phi) is 5.84. The van der Waals surface area contributed by atoms with Gasteiger partial charge < -0.3 is 40.4 Å². The van der Waals surface area contributed by atoms with Crippen LogP contribution in [0.1, 0.15) is 13.3 Å². The molecule has 0 radical (unpaired) electrons. The topological polar surface area (TPSA) is 159 Å². The molecule has 0 aromatic carbocycles. The highest BCUT2D eigenvalue weighted by Gasteiger charge is 2.44. The molecule has 1 rings (SSSR count). The van der Waals surface area contributed by atoms with Crippen molar-refractivity contribution in [1.29, 1.82) is 0 Å². The van der Waals surface area contributed by atoms with Gasteiger partial charge in [-0.3, -0.25) is 4.79 Å². The maximum absolute atomic E-state index is 11.1. The van der Waals surface area contributed by atoms with Crippen LogP contribution >= 0.6 is 0 Å². The molecule has 1 aliphatic rings. The molecule has 1 saturated heterocycles. The van der Waals surface area contributed by atoms with E-state index in [1.165, 1.54) is 6.92 Å². The van der Waals surface area contributed by atoms with Crippen molar-refractivity contribution in [3.63, 3.8) is 0 Å². The quantitative estimate of drug-likeness (QED) is 0.339. The van der Waals surface area contributed by atoms with Crippen LogP contribution in [-0.4, -0.2) is 75.5 Å². The van der Waals surface area contributed by atoms with E-state index in [4.69, 9.17) is 9.84 Å². The number of carbonyl (C=O) groups excluding carboxylic acids is 2. The molecule has 1 heterocycles. The Morgan fingerprint density at radius 2 is 2.05 bits per heavy atom. The highest BCUT2D eigenvalue weighted by Crippen LogP contribution is 2.24. The van der Waals surface area contributed by atoms with E-state index in [2.05, 4.69) is 5.32 Å². The van der Waals surface area contributed by atoms with Gasteiger partial charge in [0.1, 0.15) is 18.3 Å². The van der Waals surface area contributed by atoms with E-state index in [1.807, 2.05) is 0 Å². The Bertz CT molecular complexity index is 362. The van der Waals surface area contributed by atoms with Crippen molar-refractivity contribution in [2.24, 2.45) is 0 Å². The van der Waals surface area contributed by atoms with E-state index in [1.54, 1.807) is 0 Å². The van der Waals surface area contributed by atoms with Gasteiger partial charge >= 0.3 is 0 Å². The van der Waals surface area contributed by atoms with Crippen LogP contribution in [0.25, 0.3) is 0 Å². The summed E-state index contributed by atoms with van der Waals surface area (Å²) in [7, 11) is 0. The van der Waals surface area contributed by atoms with Crippen molar-refractivity contribution >= 4 is 11.9 Å². The van der Waals surface area contributed by atoms with Crippen LogP contribution in [-0.2, 0) is 14.3 Å². The van der Waals surface area contributed by atoms with Crippen molar-refractivity contribution in [3.8, 4) is 0 Å². The molecule has 0 aromatic rings. The summed E-state index contributed by atoms with van der Waals surface area (Å²) in [5.74, 6) is -2.11. The van der Waals surface area contributed by atoms with Crippen molar-refractivity contribution < 1.29 is 39.9 Å². The second kappa shape index (κ2) is 6.95. The van der Waals surface area contributed by atoms with E-state index in [-0.39, 0.29) is 6.42 Å². The molecule has 5 N–H and O–H groups in total. The SMILES string of the molecule is CC(=O)N[C@H]1[C@H]([C@H](O)[C@H](O)CO)O[C@@H](C(=O)[O-])C[C@@H]1O. The average molecular weight is 292 g/mol. The van der Waals surface area contributed by atoms with Gasteiger partial charge in [0.2, 0.25) is 5.91 Å². The molecule has 0 aliphatic carbocycles. The minimum Gasteiger partial charge on any atom is -0.547 e. The summed E-state index contributed by atoms with van der Waals surface area (Å²) >= 11 is 0. The third-order valence-electron chi connectivity index (χ3n) is 3.10. The second-order valence-electron chi connectivity index (χ2n) is 4.68. The first kappa shape index (κ1) is 16.8. The van der Waals surface area contributed by atoms with E-state index in [0.29, 0.717) is 0 Å². The van der Waals surface area contributed by atoms with E-state index >= 15 is 0 Å². The largest absolute Gasteiger partial charge is 0.547 e. The fourth-order valence-corrected chi connectivity index (χ4v) is 2.10. The van der Waals surface area contributed by atoms with Crippen LogP contribution in [0.15, 0.2) is 0 Å². The first-order chi connectivity index (χ1) is 9.27. The lowest BCUT2D eigenvalue weighted by molar-refractivity contribution is -0.324. The number of nitrogens with one attached hydrogen (secondary N) is 1. The molecular weight excluding hydrogens is 274 g/mol. The predicted octanol–water partition coefficient (Wildman–Crippen LogP) is -4.53. The van der Waals surface area contributed by atoms with Crippen LogP contribution in [0.3, 0.4) is 0 Å². The summed E-state index contributed by atoms with van der Waals surface area (Å²) in [6.45, 7) is 0.378. The number of carbonyl (C=O) groups is 2. The molecule has 116 valence electrons. The molecule has 9 nitrogen and oxygen atoms in total. The maximum atomic E-state index is 11.1. The van der Waals surface area contributed by atoms with Gasteiger partial charge in [-0.25, -0.2) is 0 Å². The zero-order valence-corrected chi connectivity index (χ0v) is 10.8. The summed E-state index contributed by atoms with van der Waals surface area (Å²) in [4.78, 5) is 21.9. The molecule has 0 aromatic heterocycles. The van der Waals surface area contributed by atoms with Gasteiger partial charge in [-0.2, -0.15) is 0 Å². The van der Waals surface area contributed by atoms with Crippen molar-refractivity contribution in [3.05, 3.63) is 0 Å². The number of amides is 1. The molecule has 1 fully saturated rings. The molecule has 6 atom stereocenters. The highest BCUT2D eigenvalue weighted by molar-refractivity contribution is 5.73. The summed E-state index contributed by atoms with van der Waals surface area (Å²) < 4.78 is 5.06. The van der Waals surface area contributed by atoms with E-state index < -0.39 is 55.0 Å². The first-order valence-electron chi connectivity index (χ1n) is 6.06. The second-order valence-corrected chi connectivity index (χ2v) is 4.68. The van der Waals surface area contributed by atoms with Crippen LogP contribution in [0.4, 0.5) is 0 Å². The van der Waals surface area contributed by atoms with Crippen molar-refractivity contribution in [1.82, 2.24) is 5.32 Å². The van der Waals surface area contributed by atoms with Crippen molar-refractivity contribution in [2.45, 2.75) is 49.9 Å². The third-order valence-corrected chi connectivity index (χ3v) is 3.10. The Hall–Kier alpha value is -1.26. The lowest BCUT2D eigenvalue weighted by atomic mass is 9.90. The van der Waals surface area contributed by atoms with Gasteiger partial charge in [0.15, 0.2) is 0 Å². The molecule has 0 unspecified atom stereocenters. The number of ether oxygens (including phenoxy) is 1. The molecule has 0 spiro atoms. The predicted molar refractivity (Wildman–Crippen MR) is 61.0 cm³/mol. The Balaban J connectivity index is 2.94. The fourth-order valence-electron chi connectivity index (χ4n) is 2.10. The smallest absolute Gasteiger partial charge is 0.217 e. The average Bonchev–Trinajstić information content (AvgIpc) is 2.38. The molecule has 0 saturated carbocycles. The Morgan fingerprint density at radius 1 is 1.45 bits per heavy atom. The lowest BCUT2D eigenvalue weighted by Crippen LogP contribution is -2.64. The number of hydrogen-bond donors (Lipinski definition) is 5. The molecule has 1 aliphatic heterocycles. The van der Waals surface area contributed by atoms with Gasteiger partial charge in [0.05, 0.1) is 30.8 Å². The van der Waals surface area contributed by atoms with Gasteiger partial charge in [-0.15, -0.1) is 0 Å². The summed E-state index contributed by atoms with van der Waals surface area (Å²) in [5, 5.41) is 51.0. The van der Waals surface area contributed by atoms with Crippen molar-refractivity contribution in [2.75, 3.05) is 6.61 Å². The van der Waals surface area contributed by atoms with Crippen LogP contribution in [0, 0.1) is 0 Å². The number of carboxylic acid groups (broad SMARTS) is 1. The highest BCUT2D eigenvalue weighted by atomic mass is 16.5. The third kappa shape index (κ3) is 3.87. The van der Waals surface area contributed by atoms with Gasteiger partial charge in [-0.05, 0) is 0 Å². The summed E-state index contributed by atoms with van der Waals surface area (Å²) in [6, 6.07) is -1.11.